The van der Waals surface area contributed by atoms with E-state index in [0.29, 0.717) is 6.10 Å². The van der Waals surface area contributed by atoms with E-state index in [0.717, 1.165) is 25.4 Å². The predicted molar refractivity (Wildman–Crippen MR) is 57.4 cm³/mol. The molecule has 1 unspecified atom stereocenters. The van der Waals surface area contributed by atoms with Gasteiger partial charge < -0.3 is 4.52 Å². The number of rotatable bonds is 4. The third-order valence-electron chi connectivity index (χ3n) is 2.05. The third kappa shape index (κ3) is 7.30. The van der Waals surface area contributed by atoms with Gasteiger partial charge in [0.05, 0.1) is 6.10 Å². The molecule has 0 aromatic carbocycles. The Morgan fingerprint density at radius 3 is 2.38 bits per heavy atom. The Labute approximate surface area is 105 Å². The molecule has 0 aliphatic heterocycles. The summed E-state index contributed by atoms with van der Waals surface area (Å²) in [7, 11) is -1.67. The van der Waals surface area contributed by atoms with E-state index >= 15 is 0 Å². The first-order chi connectivity index (χ1) is 5.33. The Bertz CT molecular complexity index is 140. The van der Waals surface area contributed by atoms with Crippen molar-refractivity contribution in [2.24, 2.45) is 0 Å². The van der Waals surface area contributed by atoms with Crippen LogP contribution >= 0.6 is 8.03 Å². The normalized spacial score (nSPS) is 18.8. The second-order valence-electron chi connectivity index (χ2n) is 3.15. The van der Waals surface area contributed by atoms with Gasteiger partial charge in [-0.2, -0.15) is 0 Å². The minimum atomic E-state index is -1.67. The summed E-state index contributed by atoms with van der Waals surface area (Å²) >= 11 is 0. The second kappa shape index (κ2) is 9.88. The zero-order valence-electron chi connectivity index (χ0n) is 7.84. The molecule has 1 saturated carbocycles. The standard InChI is InChI=1S/C8H17O2P.Al.Zn.3H/c1-2-7-11(9)10-8-5-3-4-6-8;;;;;/h8,11H,2-7H2,1H3;;;;;. The van der Waals surface area contributed by atoms with Crippen molar-refractivity contribution in [3.8, 4) is 0 Å². The van der Waals surface area contributed by atoms with Gasteiger partial charge in [0, 0.05) is 25.6 Å². The van der Waals surface area contributed by atoms with Crippen LogP contribution in [0.4, 0.5) is 0 Å². The summed E-state index contributed by atoms with van der Waals surface area (Å²) in [6, 6.07) is 0. The van der Waals surface area contributed by atoms with Gasteiger partial charge >= 0.3 is 0 Å². The van der Waals surface area contributed by atoms with Crippen molar-refractivity contribution in [2.75, 3.05) is 6.16 Å². The maximum Gasteiger partial charge on any atom is 0.191 e. The zero-order valence-corrected chi connectivity index (χ0v) is 11.8. The maximum atomic E-state index is 11.2. The summed E-state index contributed by atoms with van der Waals surface area (Å²) in [5.74, 6) is 0. The molecule has 1 aliphatic carbocycles. The van der Waals surface area contributed by atoms with Gasteiger partial charge in [-0.1, -0.05) is 19.8 Å². The van der Waals surface area contributed by atoms with Crippen LogP contribution in [0.25, 0.3) is 0 Å². The average molecular weight is 272 g/mol. The molecule has 0 bridgehead atoms. The Balaban J connectivity index is 0. The van der Waals surface area contributed by atoms with Crippen LogP contribution in [0.2, 0.25) is 0 Å². The fourth-order valence-electron chi connectivity index (χ4n) is 1.46. The van der Waals surface area contributed by atoms with Crippen molar-refractivity contribution in [1.82, 2.24) is 0 Å². The first-order valence-corrected chi connectivity index (χ1v) is 6.04. The Kier molecular flexibility index (Phi) is 12.7. The third-order valence-corrected chi connectivity index (χ3v) is 3.56. The van der Waals surface area contributed by atoms with E-state index in [4.69, 9.17) is 4.52 Å². The molecule has 0 aromatic rings. The molecule has 74 valence electrons. The summed E-state index contributed by atoms with van der Waals surface area (Å²) < 4.78 is 16.6. The molecular formula is C8H20AlO2PZn. The van der Waals surface area contributed by atoms with E-state index in [9.17, 15) is 4.57 Å². The van der Waals surface area contributed by atoms with Crippen LogP contribution in [0.3, 0.4) is 0 Å². The maximum absolute atomic E-state index is 11.2. The summed E-state index contributed by atoms with van der Waals surface area (Å²) in [6.45, 7) is 2.04. The molecular weight excluding hydrogens is 251 g/mol. The van der Waals surface area contributed by atoms with E-state index < -0.39 is 8.03 Å². The van der Waals surface area contributed by atoms with Crippen LogP contribution in [-0.2, 0) is 28.6 Å². The molecule has 0 heterocycles. The van der Waals surface area contributed by atoms with Crippen molar-refractivity contribution >= 4 is 25.4 Å². The smallest absolute Gasteiger partial charge is 0.191 e. The molecule has 1 aliphatic rings. The van der Waals surface area contributed by atoms with Crippen molar-refractivity contribution < 1.29 is 28.6 Å². The Hall–Kier alpha value is 1.35. The van der Waals surface area contributed by atoms with Gasteiger partial charge in [-0.25, -0.2) is 0 Å². The molecule has 1 rings (SSSR count). The molecule has 0 spiro atoms. The molecule has 0 aromatic heterocycles. The van der Waals surface area contributed by atoms with E-state index in [-0.39, 0.29) is 36.8 Å². The fourth-order valence-corrected chi connectivity index (χ4v) is 2.59. The predicted octanol–water partition coefficient (Wildman–Crippen LogP) is 1.64. The van der Waals surface area contributed by atoms with Gasteiger partial charge in [0.15, 0.2) is 25.4 Å². The average Bonchev–Trinajstić information content (AvgIpc) is 2.40. The molecule has 13 heavy (non-hydrogen) atoms. The molecule has 1 atom stereocenters. The summed E-state index contributed by atoms with van der Waals surface area (Å²) in [5.41, 5.74) is 0. The number of hydrogen-bond acceptors (Lipinski definition) is 2. The van der Waals surface area contributed by atoms with Crippen LogP contribution < -0.4 is 0 Å². The fraction of sp³-hybridized carbons (Fsp3) is 1.00. The van der Waals surface area contributed by atoms with Crippen LogP contribution in [-0.4, -0.2) is 29.6 Å². The molecule has 2 nitrogen and oxygen atoms in total. The van der Waals surface area contributed by atoms with Crippen LogP contribution in [0, 0.1) is 0 Å². The largest absolute Gasteiger partial charge is 0.327 e. The topological polar surface area (TPSA) is 26.3 Å². The molecule has 1 fully saturated rings. The van der Waals surface area contributed by atoms with Crippen molar-refractivity contribution in [3.05, 3.63) is 0 Å². The monoisotopic (exact) mass is 270 g/mol. The van der Waals surface area contributed by atoms with Crippen LogP contribution in [0.5, 0.6) is 0 Å². The van der Waals surface area contributed by atoms with Crippen LogP contribution in [0.15, 0.2) is 0 Å². The van der Waals surface area contributed by atoms with Gasteiger partial charge in [0.25, 0.3) is 0 Å². The van der Waals surface area contributed by atoms with Gasteiger partial charge in [0.2, 0.25) is 0 Å². The molecule has 0 amide bonds. The van der Waals surface area contributed by atoms with Crippen molar-refractivity contribution in [2.45, 2.75) is 45.1 Å². The van der Waals surface area contributed by atoms with Crippen molar-refractivity contribution in [3.63, 3.8) is 0 Å². The van der Waals surface area contributed by atoms with E-state index in [1.165, 1.54) is 12.8 Å². The summed E-state index contributed by atoms with van der Waals surface area (Å²) in [5, 5.41) is 0. The first kappa shape index (κ1) is 16.8. The van der Waals surface area contributed by atoms with E-state index in [2.05, 4.69) is 0 Å². The van der Waals surface area contributed by atoms with Gasteiger partial charge in [-0.15, -0.1) is 0 Å². The molecule has 5 heteroatoms. The van der Waals surface area contributed by atoms with Gasteiger partial charge in [-0.3, -0.25) is 4.57 Å². The molecule has 0 N–H and O–H groups in total. The first-order valence-electron chi connectivity index (χ1n) is 4.52. The number of hydrogen-bond donors (Lipinski definition) is 0. The molecule has 0 radical (unpaired) electrons. The van der Waals surface area contributed by atoms with E-state index in [1.54, 1.807) is 0 Å². The quantitative estimate of drug-likeness (QED) is 0.574. The van der Waals surface area contributed by atoms with Crippen LogP contribution in [0.1, 0.15) is 39.0 Å². The Morgan fingerprint density at radius 2 is 1.92 bits per heavy atom. The van der Waals surface area contributed by atoms with Gasteiger partial charge in [0.1, 0.15) is 0 Å². The SMILES string of the molecule is CCC[PH](=O)OC1CCCC1.[AlH3].[Zn]. The second-order valence-corrected chi connectivity index (χ2v) is 4.63. The zero-order chi connectivity index (χ0) is 8.10. The minimum absolute atomic E-state index is 0. The Morgan fingerprint density at radius 1 is 1.38 bits per heavy atom. The van der Waals surface area contributed by atoms with E-state index in [1.807, 2.05) is 6.92 Å². The summed E-state index contributed by atoms with van der Waals surface area (Å²) in [4.78, 5) is 0. The summed E-state index contributed by atoms with van der Waals surface area (Å²) in [6.07, 6.45) is 6.83. The van der Waals surface area contributed by atoms with Gasteiger partial charge in [-0.05, 0) is 19.3 Å². The van der Waals surface area contributed by atoms with Crippen molar-refractivity contribution in [1.29, 1.82) is 0 Å². The molecule has 0 saturated heterocycles. The minimum Gasteiger partial charge on any atom is -0.327 e.